The van der Waals surface area contributed by atoms with E-state index in [1.165, 1.54) is 19.3 Å². The molecular weight excluding hydrogens is 525 g/mol. The third-order valence-corrected chi connectivity index (χ3v) is 7.66. The van der Waals surface area contributed by atoms with Gasteiger partial charge in [0.2, 0.25) is 11.8 Å². The molecule has 3 heterocycles. The molecule has 2 N–H and O–H groups in total. The Kier molecular flexibility index (Phi) is 7.75. The van der Waals surface area contributed by atoms with Gasteiger partial charge in [-0.3, -0.25) is 19.3 Å². The highest BCUT2D eigenvalue weighted by molar-refractivity contribution is 5.98. The number of aryl methyl sites for hydroxylation is 1. The summed E-state index contributed by atoms with van der Waals surface area (Å²) in [7, 11) is 3.24. The molecule has 4 rings (SSSR count). The summed E-state index contributed by atoms with van der Waals surface area (Å²) in [4.78, 5) is 40.7. The van der Waals surface area contributed by atoms with Gasteiger partial charge in [-0.25, -0.2) is 8.78 Å². The number of likely N-dealkylation sites (N-methyl/N-ethyl adjacent to an activating group) is 1. The average molecular weight is 556 g/mol. The lowest BCUT2D eigenvalue weighted by molar-refractivity contribution is -0.197. The molecule has 2 fully saturated rings. The Bertz CT molecular complexity index is 1310. The molecule has 1 aromatic heterocycles. The molecule has 212 valence electrons. The fourth-order valence-electron chi connectivity index (χ4n) is 5.19. The topological polar surface area (TPSA) is 86.7 Å². The maximum absolute atomic E-state index is 15.5. The van der Waals surface area contributed by atoms with Crippen molar-refractivity contribution in [3.63, 3.8) is 0 Å². The molecule has 2 aromatic rings. The predicted octanol–water partition coefficient (Wildman–Crippen LogP) is 3.11. The lowest BCUT2D eigenvalue weighted by Crippen LogP contribution is -2.55. The van der Waals surface area contributed by atoms with Crippen LogP contribution in [0, 0.1) is 23.5 Å². The van der Waals surface area contributed by atoms with E-state index in [2.05, 4.69) is 15.5 Å². The molecule has 0 bridgehead atoms. The van der Waals surface area contributed by atoms with Crippen LogP contribution in [-0.4, -0.2) is 66.2 Å². The normalized spacial score (nSPS) is 24.4. The van der Waals surface area contributed by atoms with E-state index >= 15 is 4.39 Å². The molecule has 8 nitrogen and oxygen atoms in total. The number of hydrogen-bond donors (Lipinski definition) is 2. The maximum atomic E-state index is 15.5. The van der Waals surface area contributed by atoms with Gasteiger partial charge in [-0.15, -0.1) is 0 Å². The average Bonchev–Trinajstić information content (AvgIpc) is 2.85. The highest BCUT2D eigenvalue weighted by Crippen LogP contribution is 2.39. The minimum Gasteiger partial charge on any atom is -0.367 e. The summed E-state index contributed by atoms with van der Waals surface area (Å²) >= 11 is 0. The molecule has 39 heavy (non-hydrogen) atoms. The fraction of sp³-hybridized carbons (Fsp3) is 0.500. The maximum Gasteiger partial charge on any atom is 0.393 e. The molecule has 0 aliphatic carbocycles. The lowest BCUT2D eigenvalue weighted by Gasteiger charge is -2.44. The van der Waals surface area contributed by atoms with Gasteiger partial charge in [0.15, 0.2) is 5.82 Å². The molecule has 2 aliphatic rings. The van der Waals surface area contributed by atoms with Gasteiger partial charge in [-0.05, 0) is 39.1 Å². The number of nitrogens with zero attached hydrogens (tertiary/aromatic N) is 3. The number of piperazine rings is 1. The van der Waals surface area contributed by atoms with Crippen LogP contribution >= 0.6 is 0 Å². The predicted molar refractivity (Wildman–Crippen MR) is 135 cm³/mol. The molecule has 0 saturated carbocycles. The van der Waals surface area contributed by atoms with E-state index in [4.69, 9.17) is 0 Å². The Morgan fingerprint density at radius 2 is 1.67 bits per heavy atom. The van der Waals surface area contributed by atoms with Crippen LogP contribution in [0.1, 0.15) is 20.3 Å². The molecule has 2 unspecified atom stereocenters. The Morgan fingerprint density at radius 3 is 2.26 bits per heavy atom. The molecule has 13 heteroatoms. The number of carbonyl (C=O) groups is 2. The van der Waals surface area contributed by atoms with Gasteiger partial charge in [-0.2, -0.15) is 13.2 Å². The second-order valence-corrected chi connectivity index (χ2v) is 10.4. The molecule has 2 saturated heterocycles. The molecule has 2 aliphatic heterocycles. The zero-order valence-electron chi connectivity index (χ0n) is 21.9. The second-order valence-electron chi connectivity index (χ2n) is 10.4. The summed E-state index contributed by atoms with van der Waals surface area (Å²) in [5.74, 6) is -7.46. The van der Waals surface area contributed by atoms with E-state index < -0.39 is 60.0 Å². The van der Waals surface area contributed by atoms with E-state index in [1.807, 2.05) is 25.8 Å². The van der Waals surface area contributed by atoms with Crippen LogP contribution in [0.4, 0.5) is 33.3 Å². The second kappa shape index (κ2) is 10.6. The highest BCUT2D eigenvalue weighted by atomic mass is 19.4. The van der Waals surface area contributed by atoms with Gasteiger partial charge in [-0.1, -0.05) is 0 Å². The van der Waals surface area contributed by atoms with Crippen LogP contribution in [-0.2, 0) is 16.6 Å². The molecule has 0 spiro atoms. The third kappa shape index (κ3) is 5.77. The van der Waals surface area contributed by atoms with Crippen molar-refractivity contribution in [1.29, 1.82) is 0 Å². The van der Waals surface area contributed by atoms with Crippen LogP contribution in [0.2, 0.25) is 0 Å². The van der Waals surface area contributed by atoms with Crippen molar-refractivity contribution < 1.29 is 31.5 Å². The Morgan fingerprint density at radius 1 is 1.03 bits per heavy atom. The number of rotatable bonds is 4. The summed E-state index contributed by atoms with van der Waals surface area (Å²) in [5.41, 5.74) is -0.768. The SMILES string of the molecule is C[C@@H]1CN(c2cc(F)c(-c3cc(F)c(=O)n(C)c3)cc2NC(=O)C2CNC(=O)CC2C(F)(F)F)C[C@H](C)N1C. The standard InChI is InChI=1S/C26H30F5N5O3/c1-13-10-36(11-14(2)35(13)4)22-8-19(27)16(15-5-20(28)25(39)34(3)12-15)6-21(22)33-24(38)17-9-32-23(37)7-18(17)26(29,30)31/h5-6,8,12-14,17-18H,7,9-11H2,1-4H3,(H,32,37)(H,33,38)/t13-,14+,17?,18?. The third-order valence-electron chi connectivity index (χ3n) is 7.66. The van der Waals surface area contributed by atoms with Gasteiger partial charge in [0.05, 0.1) is 23.2 Å². The first kappa shape index (κ1) is 28.5. The van der Waals surface area contributed by atoms with Crippen molar-refractivity contribution in [1.82, 2.24) is 14.8 Å². The first-order chi connectivity index (χ1) is 18.2. The number of alkyl halides is 3. The van der Waals surface area contributed by atoms with Gasteiger partial charge in [0, 0.05) is 62.5 Å². The van der Waals surface area contributed by atoms with Gasteiger partial charge in [0.25, 0.3) is 5.56 Å². The fourth-order valence-corrected chi connectivity index (χ4v) is 5.19. The van der Waals surface area contributed by atoms with Crippen LogP contribution in [0.25, 0.3) is 11.1 Å². The Hall–Kier alpha value is -3.48. The first-order valence-electron chi connectivity index (χ1n) is 12.5. The summed E-state index contributed by atoms with van der Waals surface area (Å²) in [6, 6.07) is 3.34. The highest BCUT2D eigenvalue weighted by Gasteiger charge is 2.50. The van der Waals surface area contributed by atoms with Crippen LogP contribution < -0.4 is 21.1 Å². The summed E-state index contributed by atoms with van der Waals surface area (Å²) in [6.07, 6.45) is -4.44. The van der Waals surface area contributed by atoms with E-state index in [-0.39, 0.29) is 34.6 Å². The number of pyridine rings is 1. The lowest BCUT2D eigenvalue weighted by atomic mass is 9.84. The number of benzene rings is 1. The number of piperidine rings is 1. The van der Waals surface area contributed by atoms with Gasteiger partial charge in [0.1, 0.15) is 5.82 Å². The quantitative estimate of drug-likeness (QED) is 0.567. The summed E-state index contributed by atoms with van der Waals surface area (Å²) in [6.45, 7) is 4.32. The molecule has 4 atom stereocenters. The van der Waals surface area contributed by atoms with Gasteiger partial charge < -0.3 is 20.1 Å². The number of amides is 2. The van der Waals surface area contributed by atoms with Crippen molar-refractivity contribution in [2.45, 2.75) is 38.5 Å². The van der Waals surface area contributed by atoms with Gasteiger partial charge >= 0.3 is 6.18 Å². The van der Waals surface area contributed by atoms with E-state index in [0.29, 0.717) is 13.1 Å². The monoisotopic (exact) mass is 555 g/mol. The zero-order chi connectivity index (χ0) is 28.8. The largest absolute Gasteiger partial charge is 0.393 e. The number of nitrogens with one attached hydrogen (secondary N) is 2. The molecule has 1 aromatic carbocycles. The summed E-state index contributed by atoms with van der Waals surface area (Å²) < 4.78 is 71.8. The van der Waals surface area contributed by atoms with E-state index in [0.717, 1.165) is 16.7 Å². The molecular formula is C26H30F5N5O3. The van der Waals surface area contributed by atoms with Crippen molar-refractivity contribution in [3.8, 4) is 11.1 Å². The number of carbonyl (C=O) groups excluding carboxylic acids is 2. The number of aromatic nitrogens is 1. The first-order valence-corrected chi connectivity index (χ1v) is 12.5. The molecule has 0 radical (unpaired) electrons. The van der Waals surface area contributed by atoms with Crippen LogP contribution in [0.15, 0.2) is 29.2 Å². The van der Waals surface area contributed by atoms with Crippen molar-refractivity contribution in [3.05, 3.63) is 46.4 Å². The zero-order valence-corrected chi connectivity index (χ0v) is 21.9. The summed E-state index contributed by atoms with van der Waals surface area (Å²) in [5, 5.41) is 4.85. The van der Waals surface area contributed by atoms with E-state index in [9.17, 15) is 31.9 Å². The van der Waals surface area contributed by atoms with E-state index in [1.54, 1.807) is 0 Å². The minimum atomic E-state index is -4.79. The molecule has 2 amide bonds. The smallest absolute Gasteiger partial charge is 0.367 e. The van der Waals surface area contributed by atoms with Crippen LogP contribution in [0.3, 0.4) is 0 Å². The van der Waals surface area contributed by atoms with Crippen molar-refractivity contribution in [2.75, 3.05) is 36.9 Å². The Labute approximate surface area is 221 Å². The van der Waals surface area contributed by atoms with Crippen molar-refractivity contribution >= 4 is 23.2 Å². The minimum absolute atomic E-state index is 0.00682. The number of halogens is 5. The number of hydrogen-bond acceptors (Lipinski definition) is 5. The number of anilines is 2. The Balaban J connectivity index is 1.79. The van der Waals surface area contributed by atoms with Crippen molar-refractivity contribution in [2.24, 2.45) is 18.9 Å². The van der Waals surface area contributed by atoms with Crippen LogP contribution in [0.5, 0.6) is 0 Å².